The minimum Gasteiger partial charge on any atom is -0.385 e. The average molecular weight is 399 g/mol. The Morgan fingerprint density at radius 1 is 1.04 bits per heavy atom. The number of likely N-dealkylation sites (N-methyl/N-ethyl adjacent to an activating group) is 1. The summed E-state index contributed by atoms with van der Waals surface area (Å²) in [5.74, 6) is -1.46. The molecule has 0 bridgehead atoms. The van der Waals surface area contributed by atoms with Gasteiger partial charge in [0.05, 0.1) is 11.6 Å². The van der Waals surface area contributed by atoms with Crippen molar-refractivity contribution >= 4 is 17.2 Å². The number of thiophene rings is 1. The standard InChI is InChI=1S/C22H19F2NO2S/c1-25-19(26)12-14(13-6-3-2-4-7-13)21(25)22(27)18-11-10-17(28-18)20-15(23)8-5-9-16(20)24/h2-11,14,21-22,27H,12H2,1H3/t14-,21-,22-/m1/s1. The molecule has 3 atom stereocenters. The van der Waals surface area contributed by atoms with Crippen LogP contribution in [0.25, 0.3) is 10.4 Å². The lowest BCUT2D eigenvalue weighted by atomic mass is 9.88. The third-order valence-electron chi connectivity index (χ3n) is 5.33. The van der Waals surface area contributed by atoms with Crippen molar-refractivity contribution in [1.29, 1.82) is 0 Å². The largest absolute Gasteiger partial charge is 0.385 e. The summed E-state index contributed by atoms with van der Waals surface area (Å²) in [6.45, 7) is 0. The van der Waals surface area contributed by atoms with Crippen molar-refractivity contribution in [3.63, 3.8) is 0 Å². The maximum absolute atomic E-state index is 14.1. The third-order valence-corrected chi connectivity index (χ3v) is 6.50. The van der Waals surface area contributed by atoms with Gasteiger partial charge in [0, 0.05) is 29.1 Å². The van der Waals surface area contributed by atoms with Gasteiger partial charge in [0.2, 0.25) is 5.91 Å². The van der Waals surface area contributed by atoms with Crippen molar-refractivity contribution in [2.75, 3.05) is 7.05 Å². The number of carbonyl (C=O) groups is 1. The highest BCUT2D eigenvalue weighted by Gasteiger charge is 2.43. The zero-order valence-electron chi connectivity index (χ0n) is 15.2. The molecular weight excluding hydrogens is 380 g/mol. The second-order valence-electron chi connectivity index (χ2n) is 6.96. The van der Waals surface area contributed by atoms with Crippen molar-refractivity contribution in [3.05, 3.63) is 82.7 Å². The minimum absolute atomic E-state index is 0.0326. The predicted octanol–water partition coefficient (Wildman–Crippen LogP) is 4.74. The van der Waals surface area contributed by atoms with Crippen LogP contribution in [0.3, 0.4) is 0 Å². The van der Waals surface area contributed by atoms with Gasteiger partial charge in [-0.3, -0.25) is 4.79 Å². The predicted molar refractivity (Wildman–Crippen MR) is 105 cm³/mol. The van der Waals surface area contributed by atoms with E-state index in [4.69, 9.17) is 0 Å². The van der Waals surface area contributed by atoms with Gasteiger partial charge in [-0.05, 0) is 29.8 Å². The summed E-state index contributed by atoms with van der Waals surface area (Å²) in [5.41, 5.74) is 0.891. The average Bonchev–Trinajstić information content (AvgIpc) is 3.28. The molecule has 1 N–H and O–H groups in total. The molecule has 1 fully saturated rings. The van der Waals surface area contributed by atoms with E-state index in [9.17, 15) is 18.7 Å². The van der Waals surface area contributed by atoms with Crippen molar-refractivity contribution in [1.82, 2.24) is 4.90 Å². The molecule has 2 heterocycles. The van der Waals surface area contributed by atoms with Gasteiger partial charge in [0.1, 0.15) is 17.7 Å². The zero-order chi connectivity index (χ0) is 19.8. The number of aliphatic hydroxyl groups excluding tert-OH is 1. The first-order chi connectivity index (χ1) is 13.5. The molecule has 2 aromatic carbocycles. The number of halogens is 2. The lowest BCUT2D eigenvalue weighted by Gasteiger charge is -2.29. The molecule has 1 saturated heterocycles. The quantitative estimate of drug-likeness (QED) is 0.688. The van der Waals surface area contributed by atoms with Gasteiger partial charge < -0.3 is 10.0 Å². The fourth-order valence-electron chi connectivity index (χ4n) is 3.88. The SMILES string of the molecule is CN1C(=O)C[C@H](c2ccccc2)[C@@H]1[C@H](O)c1ccc(-c2c(F)cccc2F)s1. The van der Waals surface area contributed by atoms with Crippen LogP contribution in [0.2, 0.25) is 0 Å². The molecule has 0 unspecified atom stereocenters. The van der Waals surface area contributed by atoms with Crippen molar-refractivity contribution in [2.45, 2.75) is 24.5 Å². The number of hydrogen-bond acceptors (Lipinski definition) is 3. The fourth-order valence-corrected chi connectivity index (χ4v) is 4.97. The van der Waals surface area contributed by atoms with Gasteiger partial charge in [-0.25, -0.2) is 8.78 Å². The number of aliphatic hydroxyl groups is 1. The van der Waals surface area contributed by atoms with E-state index in [-0.39, 0.29) is 17.4 Å². The van der Waals surface area contributed by atoms with E-state index in [1.54, 1.807) is 24.1 Å². The van der Waals surface area contributed by atoms with E-state index in [0.29, 0.717) is 16.2 Å². The molecule has 0 radical (unpaired) electrons. The summed E-state index contributed by atoms with van der Waals surface area (Å²) in [6, 6.07) is 16.2. The second kappa shape index (κ2) is 7.45. The summed E-state index contributed by atoms with van der Waals surface area (Å²) in [4.78, 5) is 14.9. The fraction of sp³-hybridized carbons (Fsp3) is 0.227. The zero-order valence-corrected chi connectivity index (χ0v) is 16.0. The van der Waals surface area contributed by atoms with Crippen LogP contribution in [0.4, 0.5) is 8.78 Å². The molecule has 0 aliphatic carbocycles. The van der Waals surface area contributed by atoms with Gasteiger partial charge >= 0.3 is 0 Å². The molecular formula is C22H19F2NO2S. The Kier molecular flexibility index (Phi) is 5.00. The second-order valence-corrected chi connectivity index (χ2v) is 8.08. The molecule has 6 heteroatoms. The Morgan fingerprint density at radius 2 is 1.71 bits per heavy atom. The molecule has 0 saturated carbocycles. The van der Waals surface area contributed by atoms with Crippen LogP contribution in [0.5, 0.6) is 0 Å². The maximum atomic E-state index is 14.1. The highest BCUT2D eigenvalue weighted by Crippen LogP contribution is 2.43. The highest BCUT2D eigenvalue weighted by atomic mass is 32.1. The normalized spacial score (nSPS) is 20.6. The Balaban J connectivity index is 1.68. The highest BCUT2D eigenvalue weighted by molar-refractivity contribution is 7.15. The lowest BCUT2D eigenvalue weighted by molar-refractivity contribution is -0.128. The lowest BCUT2D eigenvalue weighted by Crippen LogP contribution is -2.36. The smallest absolute Gasteiger partial charge is 0.223 e. The molecule has 0 spiro atoms. The number of carbonyl (C=O) groups excluding carboxylic acids is 1. The molecule has 1 aromatic heterocycles. The van der Waals surface area contributed by atoms with Crippen LogP contribution in [-0.2, 0) is 4.79 Å². The van der Waals surface area contributed by atoms with Crippen LogP contribution >= 0.6 is 11.3 Å². The number of benzene rings is 2. The first-order valence-corrected chi connectivity index (χ1v) is 9.82. The number of rotatable bonds is 4. The summed E-state index contributed by atoms with van der Waals surface area (Å²) in [6.07, 6.45) is -0.627. The summed E-state index contributed by atoms with van der Waals surface area (Å²) < 4.78 is 28.2. The molecule has 144 valence electrons. The summed E-state index contributed by atoms with van der Waals surface area (Å²) in [5, 5.41) is 11.1. The summed E-state index contributed by atoms with van der Waals surface area (Å²) in [7, 11) is 1.68. The maximum Gasteiger partial charge on any atom is 0.223 e. The van der Waals surface area contributed by atoms with Crippen molar-refractivity contribution < 1.29 is 18.7 Å². The van der Waals surface area contributed by atoms with Gasteiger partial charge in [0.25, 0.3) is 0 Å². The van der Waals surface area contributed by atoms with Crippen molar-refractivity contribution in [2.24, 2.45) is 0 Å². The third kappa shape index (κ3) is 3.23. The van der Waals surface area contributed by atoms with Crippen LogP contribution < -0.4 is 0 Å². The summed E-state index contributed by atoms with van der Waals surface area (Å²) >= 11 is 1.14. The topological polar surface area (TPSA) is 40.5 Å². The van der Waals surface area contributed by atoms with Crippen LogP contribution in [-0.4, -0.2) is 29.0 Å². The monoisotopic (exact) mass is 399 g/mol. The molecule has 28 heavy (non-hydrogen) atoms. The minimum atomic E-state index is -0.949. The van der Waals surface area contributed by atoms with Crippen LogP contribution in [0.15, 0.2) is 60.7 Å². The first kappa shape index (κ1) is 18.8. The Morgan fingerprint density at radius 3 is 2.39 bits per heavy atom. The first-order valence-electron chi connectivity index (χ1n) is 9.00. The number of likely N-dealkylation sites (tertiary alicyclic amines) is 1. The van der Waals surface area contributed by atoms with E-state index in [0.717, 1.165) is 16.9 Å². The molecule has 4 rings (SSSR count). The van der Waals surface area contributed by atoms with Crippen molar-refractivity contribution in [3.8, 4) is 10.4 Å². The Hall–Kier alpha value is -2.57. The molecule has 3 aromatic rings. The van der Waals surface area contributed by atoms with Gasteiger partial charge in [-0.2, -0.15) is 0 Å². The molecule has 1 aliphatic heterocycles. The van der Waals surface area contributed by atoms with E-state index in [1.165, 1.54) is 18.2 Å². The number of hydrogen-bond donors (Lipinski definition) is 1. The molecule has 3 nitrogen and oxygen atoms in total. The Bertz CT molecular complexity index is 985. The van der Waals surface area contributed by atoms with E-state index in [1.807, 2.05) is 30.3 Å². The van der Waals surface area contributed by atoms with Gasteiger partial charge in [-0.15, -0.1) is 11.3 Å². The number of nitrogens with zero attached hydrogens (tertiary/aromatic N) is 1. The van der Waals surface area contributed by atoms with Gasteiger partial charge in [0.15, 0.2) is 0 Å². The van der Waals surface area contributed by atoms with E-state index >= 15 is 0 Å². The molecule has 1 amide bonds. The van der Waals surface area contributed by atoms with E-state index < -0.39 is 23.8 Å². The van der Waals surface area contributed by atoms with Crippen LogP contribution in [0.1, 0.15) is 28.9 Å². The number of amides is 1. The van der Waals surface area contributed by atoms with Crippen LogP contribution in [0, 0.1) is 11.6 Å². The Labute approximate surface area is 165 Å². The molecule has 1 aliphatic rings. The van der Waals surface area contributed by atoms with Gasteiger partial charge in [-0.1, -0.05) is 36.4 Å². The van der Waals surface area contributed by atoms with E-state index in [2.05, 4.69) is 0 Å².